The fraction of sp³-hybridized carbons (Fsp3) is 0.532. The van der Waals surface area contributed by atoms with E-state index in [-0.39, 0.29) is 32.6 Å². The van der Waals surface area contributed by atoms with E-state index in [2.05, 4.69) is 20.4 Å². The van der Waals surface area contributed by atoms with Crippen LogP contribution in [-0.4, -0.2) is 89.0 Å². The summed E-state index contributed by atoms with van der Waals surface area (Å²) in [7, 11) is 3.72. The second-order valence-corrected chi connectivity index (χ2v) is 20.5. The summed E-state index contributed by atoms with van der Waals surface area (Å²) in [5.41, 5.74) is 4.81. The second-order valence-electron chi connectivity index (χ2n) is 19.8. The van der Waals surface area contributed by atoms with Crippen LogP contribution in [0.25, 0.3) is 11.1 Å². The highest BCUT2D eigenvalue weighted by Gasteiger charge is 2.59. The number of carbonyl (C=O) groups is 4. The normalized spacial score (nSPS) is 27.4. The number of nitrogens with one attached hydrogen (secondary N) is 2. The van der Waals surface area contributed by atoms with E-state index in [0.29, 0.717) is 41.4 Å². The van der Waals surface area contributed by atoms with E-state index < -0.39 is 28.7 Å². The van der Waals surface area contributed by atoms with Gasteiger partial charge in [0.05, 0.1) is 43.6 Å². The molecule has 2 aromatic heterocycles. The Hall–Kier alpha value is -4.76. The minimum absolute atomic E-state index is 0.0379. The van der Waals surface area contributed by atoms with Crippen LogP contribution in [0.15, 0.2) is 36.4 Å². The van der Waals surface area contributed by atoms with E-state index in [1.165, 1.54) is 0 Å². The molecule has 10 rings (SSSR count). The molecule has 0 atom stereocenters. The smallest absolute Gasteiger partial charge is 0.309 e. The molecule has 4 saturated carbocycles. The lowest BCUT2D eigenvalue weighted by Crippen LogP contribution is -2.39. The fourth-order valence-electron chi connectivity index (χ4n) is 12.6. The monoisotopic (exact) mass is 896 g/mol. The number of anilines is 2. The minimum Gasteiger partial charge on any atom is -0.481 e. The van der Waals surface area contributed by atoms with E-state index in [0.717, 1.165) is 132 Å². The minimum atomic E-state index is -0.653. The molecule has 4 aromatic rings. The Balaban J connectivity index is 0.791. The summed E-state index contributed by atoms with van der Waals surface area (Å²) in [4.78, 5) is 66.1. The number of halogens is 2. The SMILES string of the molecule is Cn1c(C(=O)Nc2cccc(-c3cccc(NC(=O)c4nc5c(n4C)CCN(CC46CCC(C(=O)O)(CC4)C6)C5)c3Cl)c2Cl)nc2c1CCN(CCC13CCC(C(=O)O)(CC1)C3)C2. The molecule has 4 fully saturated rings. The number of fused-ring (bicyclic) bond motifs is 6. The average Bonchev–Trinajstić information content (AvgIpc) is 4.13. The van der Waals surface area contributed by atoms with Crippen molar-refractivity contribution >= 4 is 58.3 Å². The predicted molar refractivity (Wildman–Crippen MR) is 238 cm³/mol. The van der Waals surface area contributed by atoms with Crippen molar-refractivity contribution in [2.75, 3.05) is 36.8 Å². The van der Waals surface area contributed by atoms with Gasteiger partial charge in [-0.05, 0) is 100 Å². The molecule has 0 unspecified atom stereocenters. The van der Waals surface area contributed by atoms with Crippen LogP contribution in [0.3, 0.4) is 0 Å². The average molecular weight is 898 g/mol. The predicted octanol–water partition coefficient (Wildman–Crippen LogP) is 7.81. The van der Waals surface area contributed by atoms with Crippen LogP contribution in [0, 0.1) is 21.7 Å². The van der Waals surface area contributed by atoms with Crippen molar-refractivity contribution in [1.29, 1.82) is 0 Å². The molecule has 0 radical (unpaired) electrons. The third kappa shape index (κ3) is 7.16. The van der Waals surface area contributed by atoms with Crippen molar-refractivity contribution in [2.45, 2.75) is 96.6 Å². The zero-order chi connectivity index (χ0) is 44.1. The summed E-state index contributed by atoms with van der Waals surface area (Å²) in [5.74, 6) is -1.49. The number of carboxylic acids is 2. The van der Waals surface area contributed by atoms with Crippen LogP contribution >= 0.6 is 23.2 Å². The van der Waals surface area contributed by atoms with E-state index in [4.69, 9.17) is 33.2 Å². The van der Waals surface area contributed by atoms with Crippen LogP contribution in [-0.2, 0) is 49.6 Å². The lowest BCUT2D eigenvalue weighted by molar-refractivity contribution is -0.149. The number of aliphatic carboxylic acids is 2. The van der Waals surface area contributed by atoms with Gasteiger partial charge in [-0.15, -0.1) is 0 Å². The highest BCUT2D eigenvalue weighted by atomic mass is 35.5. The van der Waals surface area contributed by atoms with Gasteiger partial charge in [-0.3, -0.25) is 29.0 Å². The number of hydrogen-bond donors (Lipinski definition) is 4. The molecule has 14 nitrogen and oxygen atoms in total. The molecule has 2 aliphatic heterocycles. The largest absolute Gasteiger partial charge is 0.481 e. The summed E-state index contributed by atoms with van der Waals surface area (Å²) in [6.45, 7) is 4.66. The molecule has 6 aliphatic rings. The standard InChI is InChI=1S/C47H54Cl2N8O6/c1-54-34-9-20-56(22-19-44-11-15-46(25-44,16-12-44)42(60)61)23-32(34)50-38(54)40(58)52-30-7-3-5-28(36(30)48)29-6-4-8-31(37(29)49)53-41(59)39-51-33-24-57(21-10-35(33)55(39)2)27-45-13-17-47(26-45,18-14-45)43(62)63/h3-8H,9-27H2,1-2H3,(H,52,58)(H,53,59)(H,60,61)(H,62,63). The molecule has 0 spiro atoms. The van der Waals surface area contributed by atoms with Gasteiger partial charge in [0.2, 0.25) is 0 Å². The van der Waals surface area contributed by atoms with Crippen LogP contribution < -0.4 is 10.6 Å². The lowest BCUT2D eigenvalue weighted by Gasteiger charge is -2.35. The van der Waals surface area contributed by atoms with Gasteiger partial charge in [-0.2, -0.15) is 0 Å². The van der Waals surface area contributed by atoms with Gasteiger partial charge in [0, 0.05) is 82.2 Å². The van der Waals surface area contributed by atoms with E-state index in [1.807, 2.05) is 35.4 Å². The molecule has 63 heavy (non-hydrogen) atoms. The highest BCUT2D eigenvalue weighted by Crippen LogP contribution is 2.64. The van der Waals surface area contributed by atoms with Crippen molar-refractivity contribution in [3.05, 3.63) is 80.9 Å². The van der Waals surface area contributed by atoms with Crippen LogP contribution in [0.1, 0.15) is 115 Å². The van der Waals surface area contributed by atoms with Gasteiger partial charge < -0.3 is 30.0 Å². The van der Waals surface area contributed by atoms with Gasteiger partial charge in [0.15, 0.2) is 11.6 Å². The third-order valence-corrected chi connectivity index (χ3v) is 17.1. The number of amides is 2. The number of carboxylic acid groups (broad SMARTS) is 2. The number of hydrogen-bond acceptors (Lipinski definition) is 8. The molecular formula is C47H54Cl2N8O6. The van der Waals surface area contributed by atoms with Crippen molar-refractivity contribution in [3.63, 3.8) is 0 Å². The zero-order valence-corrected chi connectivity index (χ0v) is 37.4. The molecule has 4 bridgehead atoms. The number of aromatic nitrogens is 4. The molecule has 2 amide bonds. The first-order valence-corrected chi connectivity index (χ1v) is 23.1. The van der Waals surface area contributed by atoms with Crippen molar-refractivity contribution < 1.29 is 29.4 Å². The topological polar surface area (TPSA) is 175 Å². The van der Waals surface area contributed by atoms with Crippen LogP contribution in [0.4, 0.5) is 11.4 Å². The van der Waals surface area contributed by atoms with Crippen molar-refractivity contribution in [3.8, 4) is 11.1 Å². The van der Waals surface area contributed by atoms with Crippen molar-refractivity contribution in [2.24, 2.45) is 35.8 Å². The number of benzene rings is 2. The molecule has 332 valence electrons. The Bertz CT molecular complexity index is 2570. The molecule has 4 aliphatic carbocycles. The molecule has 4 N–H and O–H groups in total. The summed E-state index contributed by atoms with van der Waals surface area (Å²) in [6.07, 6.45) is 11.0. The first-order chi connectivity index (χ1) is 30.1. The zero-order valence-electron chi connectivity index (χ0n) is 35.9. The highest BCUT2D eigenvalue weighted by molar-refractivity contribution is 6.40. The Morgan fingerprint density at radius 1 is 0.651 bits per heavy atom. The molecule has 0 saturated heterocycles. The number of imidazole rings is 2. The number of carbonyl (C=O) groups excluding carboxylic acids is 2. The van der Waals surface area contributed by atoms with Crippen LogP contribution in [0.5, 0.6) is 0 Å². The maximum Gasteiger partial charge on any atom is 0.309 e. The fourth-order valence-corrected chi connectivity index (χ4v) is 13.1. The third-order valence-electron chi connectivity index (χ3n) is 16.2. The summed E-state index contributed by atoms with van der Waals surface area (Å²) < 4.78 is 3.72. The summed E-state index contributed by atoms with van der Waals surface area (Å²) in [5, 5.41) is 26.3. The maximum absolute atomic E-state index is 13.8. The maximum atomic E-state index is 13.8. The van der Waals surface area contributed by atoms with Gasteiger partial charge in [0.1, 0.15) is 0 Å². The Kier molecular flexibility index (Phi) is 10.4. The number of rotatable bonds is 12. The second kappa shape index (κ2) is 15.5. The summed E-state index contributed by atoms with van der Waals surface area (Å²) in [6, 6.07) is 10.7. The van der Waals surface area contributed by atoms with E-state index >= 15 is 0 Å². The van der Waals surface area contributed by atoms with Crippen molar-refractivity contribution in [1.82, 2.24) is 28.9 Å². The molecule has 4 heterocycles. The first kappa shape index (κ1) is 42.2. The van der Waals surface area contributed by atoms with Crippen LogP contribution in [0.2, 0.25) is 10.0 Å². The van der Waals surface area contributed by atoms with E-state index in [9.17, 15) is 29.4 Å². The Morgan fingerprint density at radius 2 is 1.10 bits per heavy atom. The van der Waals surface area contributed by atoms with Gasteiger partial charge in [-0.1, -0.05) is 47.5 Å². The van der Waals surface area contributed by atoms with E-state index in [1.54, 1.807) is 24.3 Å². The first-order valence-electron chi connectivity index (χ1n) is 22.3. The Labute approximate surface area is 376 Å². The number of nitrogens with zero attached hydrogens (tertiary/aromatic N) is 6. The lowest BCUT2D eigenvalue weighted by atomic mass is 9.80. The summed E-state index contributed by atoms with van der Waals surface area (Å²) >= 11 is 14.0. The van der Waals surface area contributed by atoms with Gasteiger partial charge >= 0.3 is 11.9 Å². The molecule has 16 heteroatoms. The quantitative estimate of drug-likeness (QED) is 0.110. The van der Waals surface area contributed by atoms with Gasteiger partial charge in [-0.25, -0.2) is 9.97 Å². The van der Waals surface area contributed by atoms with Gasteiger partial charge in [0.25, 0.3) is 11.8 Å². The Morgan fingerprint density at radius 3 is 1.57 bits per heavy atom. The molecule has 2 aromatic carbocycles. The molecular weight excluding hydrogens is 843 g/mol.